The lowest BCUT2D eigenvalue weighted by Crippen LogP contribution is -2.41. The molecule has 0 aromatic carbocycles. The number of nitrogens with zero attached hydrogens (tertiary/aromatic N) is 1. The maximum Gasteiger partial charge on any atom is 0.673 e. The van der Waals surface area contributed by atoms with E-state index in [2.05, 4.69) is 21.0 Å². The molecule has 0 aliphatic carbocycles. The summed E-state index contributed by atoms with van der Waals surface area (Å²) < 4.78 is 45.0. The van der Waals surface area contributed by atoms with E-state index in [0.29, 0.717) is 0 Å². The van der Waals surface area contributed by atoms with Gasteiger partial charge in [-0.15, -0.1) is 0 Å². The van der Waals surface area contributed by atoms with Gasteiger partial charge >= 0.3 is 7.25 Å². The monoisotopic (exact) mass is 219 g/mol. The second-order valence-electron chi connectivity index (χ2n) is 3.46. The van der Waals surface area contributed by atoms with E-state index in [-0.39, 0.29) is 0 Å². The lowest BCUT2D eigenvalue weighted by Gasteiger charge is -2.27. The maximum absolute atomic E-state index is 9.75. The van der Waals surface area contributed by atoms with E-state index in [9.17, 15) is 17.3 Å². The maximum atomic E-state index is 9.75. The second kappa shape index (κ2) is 7.06. The van der Waals surface area contributed by atoms with Gasteiger partial charge in [0.2, 0.25) is 0 Å². The van der Waals surface area contributed by atoms with Gasteiger partial charge in [-0.05, 0) is 6.92 Å². The van der Waals surface area contributed by atoms with Gasteiger partial charge in [-0.25, -0.2) is 0 Å². The number of quaternary nitrogens is 1. The average molecular weight is 219 g/mol. The van der Waals surface area contributed by atoms with E-state index in [0.717, 1.165) is 17.6 Å². The standard InChI is InChI=1S/C7H18NO.BF4/c1-5-8(2,3)6-7-9-4;2-1(3,4)5/h5-7H2,1-4H3;/q+1;-1. The summed E-state index contributed by atoms with van der Waals surface area (Å²) in [5, 5.41) is 0. The Hall–Kier alpha value is -0.295. The molecular weight excluding hydrogens is 201 g/mol. The molecule has 0 bridgehead atoms. The van der Waals surface area contributed by atoms with E-state index in [1.165, 1.54) is 6.54 Å². The quantitative estimate of drug-likeness (QED) is 0.399. The first kappa shape index (κ1) is 16.1. The van der Waals surface area contributed by atoms with Crippen molar-refractivity contribution < 1.29 is 26.5 Å². The number of ether oxygens (including phenoxy) is 1. The van der Waals surface area contributed by atoms with Crippen LogP contribution < -0.4 is 0 Å². The Kier molecular flexibility index (Phi) is 8.14. The molecule has 0 amide bonds. The molecule has 0 rings (SSSR count). The van der Waals surface area contributed by atoms with Crippen LogP contribution in [0.3, 0.4) is 0 Å². The minimum atomic E-state index is -6.00. The van der Waals surface area contributed by atoms with Crippen LogP contribution in [0.15, 0.2) is 0 Å². The van der Waals surface area contributed by atoms with Gasteiger partial charge in [0.1, 0.15) is 6.54 Å². The first-order valence-corrected chi connectivity index (χ1v) is 4.30. The van der Waals surface area contributed by atoms with E-state index >= 15 is 0 Å². The fourth-order valence-corrected chi connectivity index (χ4v) is 0.497. The number of methoxy groups -OCH3 is 1. The van der Waals surface area contributed by atoms with Crippen molar-refractivity contribution in [2.24, 2.45) is 0 Å². The summed E-state index contributed by atoms with van der Waals surface area (Å²) in [6.45, 7) is 5.33. The lowest BCUT2D eigenvalue weighted by molar-refractivity contribution is -0.888. The molecule has 0 aromatic heterocycles. The molecule has 0 N–H and O–H groups in total. The molecule has 0 aliphatic rings. The van der Waals surface area contributed by atoms with Crippen molar-refractivity contribution in [1.29, 1.82) is 0 Å². The molecule has 0 radical (unpaired) electrons. The minimum absolute atomic E-state index is 0.862. The summed E-state index contributed by atoms with van der Waals surface area (Å²) in [7, 11) is 0.160. The van der Waals surface area contributed by atoms with Crippen molar-refractivity contribution in [3.8, 4) is 0 Å². The summed E-state index contributed by atoms with van der Waals surface area (Å²) in [5.74, 6) is 0. The van der Waals surface area contributed by atoms with Crippen LogP contribution in [0.2, 0.25) is 0 Å². The zero-order chi connectivity index (χ0) is 11.8. The van der Waals surface area contributed by atoms with Crippen LogP contribution in [-0.4, -0.2) is 52.6 Å². The molecule has 0 atom stereocenters. The molecule has 0 saturated heterocycles. The second-order valence-corrected chi connectivity index (χ2v) is 3.46. The third-order valence-corrected chi connectivity index (χ3v) is 1.76. The molecule has 88 valence electrons. The highest BCUT2D eigenvalue weighted by molar-refractivity contribution is 6.50. The van der Waals surface area contributed by atoms with E-state index in [4.69, 9.17) is 4.74 Å². The van der Waals surface area contributed by atoms with Gasteiger partial charge in [0.25, 0.3) is 0 Å². The van der Waals surface area contributed by atoms with Crippen molar-refractivity contribution in [1.82, 2.24) is 0 Å². The van der Waals surface area contributed by atoms with Gasteiger partial charge in [-0.1, -0.05) is 0 Å². The Bertz CT molecular complexity index is 134. The predicted molar refractivity (Wildman–Crippen MR) is 49.6 cm³/mol. The van der Waals surface area contributed by atoms with Crippen molar-refractivity contribution in [3.05, 3.63) is 0 Å². The molecule has 0 fully saturated rings. The molecule has 2 nitrogen and oxygen atoms in total. The van der Waals surface area contributed by atoms with Crippen molar-refractivity contribution >= 4 is 7.25 Å². The van der Waals surface area contributed by atoms with E-state index in [1.807, 2.05) is 0 Å². The smallest absolute Gasteiger partial charge is 0.418 e. The minimum Gasteiger partial charge on any atom is -0.418 e. The SMILES string of the molecule is CC[N+](C)(C)CCOC.F[B-](F)(F)F. The zero-order valence-corrected chi connectivity index (χ0v) is 9.07. The Balaban J connectivity index is 0. The molecular formula is C7H18BF4NO. The molecule has 0 aromatic rings. The fraction of sp³-hybridized carbons (Fsp3) is 1.00. The van der Waals surface area contributed by atoms with E-state index < -0.39 is 7.25 Å². The number of halogens is 4. The van der Waals surface area contributed by atoms with Crippen LogP contribution in [0.1, 0.15) is 6.92 Å². The summed E-state index contributed by atoms with van der Waals surface area (Å²) in [6.07, 6.45) is 0. The van der Waals surface area contributed by atoms with Crippen molar-refractivity contribution in [2.45, 2.75) is 6.92 Å². The highest BCUT2D eigenvalue weighted by Gasteiger charge is 2.20. The Morgan fingerprint density at radius 3 is 1.71 bits per heavy atom. The predicted octanol–water partition coefficient (Wildman–Crippen LogP) is 2.03. The van der Waals surface area contributed by atoms with Gasteiger partial charge in [-0.2, -0.15) is 0 Å². The highest BCUT2D eigenvalue weighted by Crippen LogP contribution is 2.06. The number of hydrogen-bond acceptors (Lipinski definition) is 1. The van der Waals surface area contributed by atoms with Crippen LogP contribution in [-0.2, 0) is 4.74 Å². The van der Waals surface area contributed by atoms with Crippen LogP contribution in [0.25, 0.3) is 0 Å². The fourth-order valence-electron chi connectivity index (χ4n) is 0.497. The van der Waals surface area contributed by atoms with Crippen LogP contribution >= 0.6 is 0 Å². The molecule has 0 heterocycles. The molecule has 7 heteroatoms. The van der Waals surface area contributed by atoms with Crippen LogP contribution in [0.4, 0.5) is 17.3 Å². The zero-order valence-electron chi connectivity index (χ0n) is 9.07. The topological polar surface area (TPSA) is 9.23 Å². The molecule has 0 spiro atoms. The first-order chi connectivity index (χ1) is 6.12. The number of likely N-dealkylation sites (N-methyl/N-ethyl adjacent to an activating group) is 1. The lowest BCUT2D eigenvalue weighted by atomic mass is 10.3. The van der Waals surface area contributed by atoms with Crippen LogP contribution in [0, 0.1) is 0 Å². The Morgan fingerprint density at radius 2 is 1.50 bits per heavy atom. The average Bonchev–Trinajstić information content (AvgIpc) is 1.98. The van der Waals surface area contributed by atoms with Crippen LogP contribution in [0.5, 0.6) is 0 Å². The largest absolute Gasteiger partial charge is 0.673 e. The summed E-state index contributed by atoms with van der Waals surface area (Å²) in [6, 6.07) is 0. The Labute approximate surface area is 82.5 Å². The van der Waals surface area contributed by atoms with E-state index in [1.54, 1.807) is 7.11 Å². The van der Waals surface area contributed by atoms with Crippen molar-refractivity contribution in [3.63, 3.8) is 0 Å². The number of rotatable bonds is 4. The Morgan fingerprint density at radius 1 is 1.14 bits per heavy atom. The number of hydrogen-bond donors (Lipinski definition) is 0. The van der Waals surface area contributed by atoms with Crippen molar-refractivity contribution in [2.75, 3.05) is 40.9 Å². The molecule has 0 aliphatic heterocycles. The normalized spacial score (nSPS) is 12.0. The molecule has 0 unspecified atom stereocenters. The highest BCUT2D eigenvalue weighted by atomic mass is 19.5. The summed E-state index contributed by atoms with van der Waals surface area (Å²) >= 11 is 0. The van der Waals surface area contributed by atoms with Gasteiger partial charge < -0.3 is 26.5 Å². The summed E-state index contributed by atoms with van der Waals surface area (Å²) in [4.78, 5) is 0. The van der Waals surface area contributed by atoms with Gasteiger partial charge in [-0.3, -0.25) is 0 Å². The third kappa shape index (κ3) is 22.6. The van der Waals surface area contributed by atoms with Gasteiger partial charge in [0.05, 0.1) is 27.2 Å². The molecule has 0 saturated carbocycles. The third-order valence-electron chi connectivity index (χ3n) is 1.76. The first-order valence-electron chi connectivity index (χ1n) is 4.30. The summed E-state index contributed by atoms with van der Waals surface area (Å²) in [5.41, 5.74) is 0. The van der Waals surface area contributed by atoms with Gasteiger partial charge in [0, 0.05) is 7.11 Å². The molecule has 14 heavy (non-hydrogen) atoms. The van der Waals surface area contributed by atoms with Gasteiger partial charge in [0.15, 0.2) is 0 Å².